The Bertz CT molecular complexity index is 429. The molecular formula is C15H25N3O. The van der Waals surface area contributed by atoms with Gasteiger partial charge in [0, 0.05) is 31.2 Å². The van der Waals surface area contributed by atoms with E-state index in [1.165, 1.54) is 32.5 Å². The van der Waals surface area contributed by atoms with Crippen LogP contribution in [0.5, 0.6) is 0 Å². The van der Waals surface area contributed by atoms with E-state index in [0.29, 0.717) is 12.0 Å². The third kappa shape index (κ3) is 2.70. The molecule has 106 valence electrons. The van der Waals surface area contributed by atoms with Crippen molar-refractivity contribution >= 4 is 0 Å². The van der Waals surface area contributed by atoms with Gasteiger partial charge < -0.3 is 4.52 Å². The summed E-state index contributed by atoms with van der Waals surface area (Å²) >= 11 is 0. The van der Waals surface area contributed by atoms with E-state index in [4.69, 9.17) is 4.52 Å². The van der Waals surface area contributed by atoms with Gasteiger partial charge in [0.1, 0.15) is 0 Å². The molecule has 0 saturated carbocycles. The second-order valence-corrected chi connectivity index (χ2v) is 6.47. The molecule has 1 aromatic heterocycles. The minimum atomic E-state index is 0.639. The molecule has 3 rings (SSSR count). The Morgan fingerprint density at radius 1 is 1.42 bits per heavy atom. The first-order valence-electron chi connectivity index (χ1n) is 7.54. The molecule has 0 spiro atoms. The largest absolute Gasteiger partial charge is 0.360 e. The van der Waals surface area contributed by atoms with Gasteiger partial charge in [0.25, 0.3) is 0 Å². The van der Waals surface area contributed by atoms with Crippen molar-refractivity contribution in [3.8, 4) is 0 Å². The number of hydrogen-bond acceptors (Lipinski definition) is 4. The lowest BCUT2D eigenvalue weighted by Gasteiger charge is -2.45. The van der Waals surface area contributed by atoms with E-state index in [2.05, 4.69) is 34.9 Å². The number of fused-ring (bicyclic) bond motifs is 1. The quantitative estimate of drug-likeness (QED) is 0.837. The van der Waals surface area contributed by atoms with Crippen LogP contribution in [0.3, 0.4) is 0 Å². The van der Waals surface area contributed by atoms with Crippen LogP contribution in [0.25, 0.3) is 0 Å². The van der Waals surface area contributed by atoms with E-state index in [1.54, 1.807) is 0 Å². The molecule has 0 radical (unpaired) electrons. The molecule has 1 aromatic rings. The number of rotatable bonds is 3. The van der Waals surface area contributed by atoms with Gasteiger partial charge in [-0.2, -0.15) is 0 Å². The maximum atomic E-state index is 5.40. The Labute approximate surface area is 115 Å². The fraction of sp³-hybridized carbons (Fsp3) is 0.800. The summed E-state index contributed by atoms with van der Waals surface area (Å²) in [5.74, 6) is 1.69. The van der Waals surface area contributed by atoms with Crippen molar-refractivity contribution in [1.82, 2.24) is 15.0 Å². The lowest BCUT2D eigenvalue weighted by atomic mass is 9.97. The highest BCUT2D eigenvalue weighted by Gasteiger charge is 2.37. The molecule has 2 aliphatic rings. The minimum absolute atomic E-state index is 0.639. The SMILES string of the molecule is Cc1cc(CN2CC3CCCN3CC2C(C)C)on1. The van der Waals surface area contributed by atoms with Crippen LogP contribution < -0.4 is 0 Å². The van der Waals surface area contributed by atoms with Gasteiger partial charge in [-0.25, -0.2) is 0 Å². The molecule has 2 fully saturated rings. The molecule has 4 nitrogen and oxygen atoms in total. The third-order valence-corrected chi connectivity index (χ3v) is 4.64. The van der Waals surface area contributed by atoms with Gasteiger partial charge in [0.15, 0.2) is 5.76 Å². The second-order valence-electron chi connectivity index (χ2n) is 6.47. The fourth-order valence-electron chi connectivity index (χ4n) is 3.61. The standard InChI is InChI=1S/C15H25N3O/c1-11(2)15-10-17-6-4-5-13(17)8-18(15)9-14-7-12(3)16-19-14/h7,11,13,15H,4-6,8-10H2,1-3H3. The van der Waals surface area contributed by atoms with E-state index in [-0.39, 0.29) is 0 Å². The fourth-order valence-corrected chi connectivity index (χ4v) is 3.61. The smallest absolute Gasteiger partial charge is 0.150 e. The number of hydrogen-bond donors (Lipinski definition) is 0. The summed E-state index contributed by atoms with van der Waals surface area (Å²) in [5.41, 5.74) is 0.982. The van der Waals surface area contributed by atoms with Gasteiger partial charge in [-0.15, -0.1) is 0 Å². The van der Waals surface area contributed by atoms with Gasteiger partial charge in [-0.3, -0.25) is 9.80 Å². The topological polar surface area (TPSA) is 32.5 Å². The molecule has 0 aliphatic carbocycles. The highest BCUT2D eigenvalue weighted by molar-refractivity contribution is 5.04. The number of aryl methyl sites for hydroxylation is 1. The first-order chi connectivity index (χ1) is 9.13. The first kappa shape index (κ1) is 13.1. The summed E-state index contributed by atoms with van der Waals surface area (Å²) in [6, 6.07) is 3.47. The average Bonchev–Trinajstić information content (AvgIpc) is 2.96. The predicted molar refractivity (Wildman–Crippen MR) is 74.9 cm³/mol. The van der Waals surface area contributed by atoms with Crippen molar-refractivity contribution in [2.75, 3.05) is 19.6 Å². The summed E-state index contributed by atoms with van der Waals surface area (Å²) in [6.45, 7) is 11.3. The summed E-state index contributed by atoms with van der Waals surface area (Å²) in [4.78, 5) is 5.30. The van der Waals surface area contributed by atoms with Gasteiger partial charge in [0.2, 0.25) is 0 Å². The van der Waals surface area contributed by atoms with Gasteiger partial charge in [-0.1, -0.05) is 19.0 Å². The van der Waals surface area contributed by atoms with Crippen molar-refractivity contribution in [3.05, 3.63) is 17.5 Å². The van der Waals surface area contributed by atoms with Crippen LogP contribution in [-0.2, 0) is 6.54 Å². The monoisotopic (exact) mass is 263 g/mol. The van der Waals surface area contributed by atoms with E-state index in [1.807, 2.05) is 6.92 Å². The van der Waals surface area contributed by atoms with E-state index in [0.717, 1.165) is 24.0 Å². The Hall–Kier alpha value is -0.870. The summed E-state index contributed by atoms with van der Waals surface area (Å²) in [6.07, 6.45) is 2.72. The van der Waals surface area contributed by atoms with Crippen LogP contribution >= 0.6 is 0 Å². The van der Waals surface area contributed by atoms with Crippen LogP contribution in [0.1, 0.15) is 38.1 Å². The van der Waals surface area contributed by atoms with Crippen molar-refractivity contribution in [3.63, 3.8) is 0 Å². The lowest BCUT2D eigenvalue weighted by molar-refractivity contribution is 0.0188. The zero-order valence-electron chi connectivity index (χ0n) is 12.3. The van der Waals surface area contributed by atoms with Crippen LogP contribution in [-0.4, -0.2) is 46.7 Å². The molecule has 0 aromatic carbocycles. The molecule has 4 heteroatoms. The molecule has 19 heavy (non-hydrogen) atoms. The van der Waals surface area contributed by atoms with Crippen molar-refractivity contribution in [2.45, 2.75) is 52.2 Å². The molecule has 3 heterocycles. The second kappa shape index (κ2) is 5.25. The molecule has 2 unspecified atom stereocenters. The summed E-state index contributed by atoms with van der Waals surface area (Å²) in [5, 5.41) is 4.01. The van der Waals surface area contributed by atoms with Crippen LogP contribution in [0.4, 0.5) is 0 Å². The Balaban J connectivity index is 1.73. The Morgan fingerprint density at radius 3 is 2.95 bits per heavy atom. The maximum absolute atomic E-state index is 5.40. The van der Waals surface area contributed by atoms with Crippen LogP contribution in [0.2, 0.25) is 0 Å². The average molecular weight is 263 g/mol. The van der Waals surface area contributed by atoms with Crippen molar-refractivity contribution in [1.29, 1.82) is 0 Å². The molecule has 2 aliphatic heterocycles. The van der Waals surface area contributed by atoms with Gasteiger partial charge in [0.05, 0.1) is 12.2 Å². The molecule has 0 bridgehead atoms. The Morgan fingerprint density at radius 2 is 2.26 bits per heavy atom. The predicted octanol–water partition coefficient (Wildman–Crippen LogP) is 2.29. The lowest BCUT2D eigenvalue weighted by Crippen LogP contribution is -2.57. The third-order valence-electron chi connectivity index (χ3n) is 4.64. The van der Waals surface area contributed by atoms with Crippen LogP contribution in [0.15, 0.2) is 10.6 Å². The number of piperazine rings is 1. The first-order valence-corrected chi connectivity index (χ1v) is 7.54. The number of nitrogens with zero attached hydrogens (tertiary/aromatic N) is 3. The summed E-state index contributed by atoms with van der Waals surface area (Å²) in [7, 11) is 0. The van der Waals surface area contributed by atoms with Gasteiger partial charge in [-0.05, 0) is 32.2 Å². The Kier molecular flexibility index (Phi) is 3.63. The van der Waals surface area contributed by atoms with E-state index in [9.17, 15) is 0 Å². The molecule has 0 N–H and O–H groups in total. The van der Waals surface area contributed by atoms with Crippen molar-refractivity contribution in [2.24, 2.45) is 5.92 Å². The van der Waals surface area contributed by atoms with E-state index >= 15 is 0 Å². The van der Waals surface area contributed by atoms with Gasteiger partial charge >= 0.3 is 0 Å². The summed E-state index contributed by atoms with van der Waals surface area (Å²) < 4.78 is 5.40. The normalized spacial score (nSPS) is 29.1. The molecule has 2 saturated heterocycles. The maximum Gasteiger partial charge on any atom is 0.150 e. The zero-order chi connectivity index (χ0) is 13.4. The minimum Gasteiger partial charge on any atom is -0.360 e. The molecule has 0 amide bonds. The highest BCUT2D eigenvalue weighted by Crippen LogP contribution is 2.28. The number of aromatic nitrogens is 1. The highest BCUT2D eigenvalue weighted by atomic mass is 16.5. The van der Waals surface area contributed by atoms with E-state index < -0.39 is 0 Å². The van der Waals surface area contributed by atoms with Crippen molar-refractivity contribution < 1.29 is 4.52 Å². The molecule has 2 atom stereocenters. The molecular weight excluding hydrogens is 238 g/mol. The zero-order valence-corrected chi connectivity index (χ0v) is 12.3. The van der Waals surface area contributed by atoms with Crippen LogP contribution in [0, 0.1) is 12.8 Å².